The first-order valence-corrected chi connectivity index (χ1v) is 18.2. The van der Waals surface area contributed by atoms with Crippen LogP contribution in [-0.4, -0.2) is 78.9 Å². The fraction of sp³-hybridized carbons (Fsp3) is 0.500. The quantitative estimate of drug-likeness (QED) is 0.313. The lowest BCUT2D eigenvalue weighted by Crippen LogP contribution is -2.68. The SMILES string of the molecule is CC(C)(C)OC(=O)N(Cc1cnc(N2CCNC(CO[Si](c3ccccc3)(c3ccccc3)C(C)(C)C)C2)nc1)C(=O)OC(C)(C)C. The van der Waals surface area contributed by atoms with Crippen LogP contribution in [0.3, 0.4) is 0 Å². The molecule has 1 unspecified atom stereocenters. The van der Waals surface area contributed by atoms with E-state index in [0.29, 0.717) is 24.7 Å². The molecule has 1 saturated heterocycles. The molecule has 1 atom stereocenters. The average molecular weight is 662 g/mol. The Labute approximate surface area is 281 Å². The van der Waals surface area contributed by atoms with Gasteiger partial charge in [0, 0.05) is 43.6 Å². The standard InChI is InChI=1S/C36H51N5O5Si/c1-34(2,3)45-32(42)41(33(43)46-35(4,5)6)24-27-22-38-31(39-23-27)40-21-20-37-28(25-40)26-44-47(36(7,8)9,29-16-12-10-13-17-29)30-18-14-11-15-19-30/h10-19,22-23,28,37H,20-21,24-26H2,1-9H3. The summed E-state index contributed by atoms with van der Waals surface area (Å²) in [7, 11) is -2.68. The highest BCUT2D eigenvalue weighted by Crippen LogP contribution is 2.37. The molecule has 4 rings (SSSR count). The summed E-state index contributed by atoms with van der Waals surface area (Å²) < 4.78 is 18.1. The van der Waals surface area contributed by atoms with Gasteiger partial charge in [-0.15, -0.1) is 0 Å². The minimum Gasteiger partial charge on any atom is -0.443 e. The second kappa shape index (κ2) is 14.5. The Hall–Kier alpha value is -3.80. The highest BCUT2D eigenvalue weighted by Gasteiger charge is 2.50. The summed E-state index contributed by atoms with van der Waals surface area (Å²) in [4.78, 5) is 38.2. The number of rotatable bonds is 8. The van der Waals surface area contributed by atoms with Crippen LogP contribution in [0.15, 0.2) is 73.1 Å². The lowest BCUT2D eigenvalue weighted by molar-refractivity contribution is -0.000281. The molecule has 3 aromatic rings. The molecule has 2 aromatic carbocycles. The van der Waals surface area contributed by atoms with Crippen LogP contribution in [0.4, 0.5) is 15.5 Å². The Morgan fingerprint density at radius 3 is 1.77 bits per heavy atom. The van der Waals surface area contributed by atoms with E-state index in [9.17, 15) is 9.59 Å². The van der Waals surface area contributed by atoms with Gasteiger partial charge in [-0.25, -0.2) is 24.5 Å². The first-order chi connectivity index (χ1) is 22.0. The fourth-order valence-corrected chi connectivity index (χ4v) is 10.3. The fourth-order valence-electron chi connectivity index (χ4n) is 5.72. The monoisotopic (exact) mass is 661 g/mol. The topological polar surface area (TPSA) is 106 Å². The van der Waals surface area contributed by atoms with E-state index < -0.39 is 31.7 Å². The van der Waals surface area contributed by atoms with E-state index >= 15 is 0 Å². The molecule has 47 heavy (non-hydrogen) atoms. The number of benzene rings is 2. The van der Waals surface area contributed by atoms with E-state index in [1.165, 1.54) is 10.4 Å². The highest BCUT2D eigenvalue weighted by atomic mass is 28.4. The van der Waals surface area contributed by atoms with Crippen LogP contribution in [0.2, 0.25) is 5.04 Å². The van der Waals surface area contributed by atoms with Gasteiger partial charge in [-0.1, -0.05) is 81.4 Å². The Morgan fingerprint density at radius 2 is 1.32 bits per heavy atom. The second-order valence-corrected chi connectivity index (χ2v) is 19.3. The molecule has 1 aromatic heterocycles. The summed E-state index contributed by atoms with van der Waals surface area (Å²) in [6.07, 6.45) is 1.70. The predicted molar refractivity (Wildman–Crippen MR) is 188 cm³/mol. The van der Waals surface area contributed by atoms with Crippen molar-refractivity contribution in [2.24, 2.45) is 0 Å². The third-order valence-corrected chi connectivity index (χ3v) is 12.7. The number of aromatic nitrogens is 2. The average Bonchev–Trinajstić information content (AvgIpc) is 2.99. The molecule has 1 N–H and O–H groups in total. The van der Waals surface area contributed by atoms with Gasteiger partial charge >= 0.3 is 12.2 Å². The molecule has 0 bridgehead atoms. The maximum atomic E-state index is 13.0. The maximum absolute atomic E-state index is 13.0. The number of nitrogens with one attached hydrogen (secondary N) is 1. The zero-order chi connectivity index (χ0) is 34.5. The van der Waals surface area contributed by atoms with Crippen LogP contribution in [0.25, 0.3) is 0 Å². The number of amides is 2. The molecule has 254 valence electrons. The van der Waals surface area contributed by atoms with Crippen LogP contribution in [0.5, 0.6) is 0 Å². The highest BCUT2D eigenvalue weighted by molar-refractivity contribution is 6.99. The molecule has 1 fully saturated rings. The van der Waals surface area contributed by atoms with Crippen molar-refractivity contribution in [3.05, 3.63) is 78.6 Å². The number of hydrogen-bond donors (Lipinski definition) is 1. The lowest BCUT2D eigenvalue weighted by atomic mass is 10.2. The van der Waals surface area contributed by atoms with Gasteiger partial charge in [-0.3, -0.25) is 0 Å². The molecule has 2 heterocycles. The van der Waals surface area contributed by atoms with Crippen molar-refractivity contribution in [2.75, 3.05) is 31.1 Å². The van der Waals surface area contributed by atoms with Crippen LogP contribution in [0, 0.1) is 0 Å². The van der Waals surface area contributed by atoms with Gasteiger partial charge in [0.1, 0.15) is 11.2 Å². The summed E-state index contributed by atoms with van der Waals surface area (Å²) in [5.74, 6) is 0.576. The van der Waals surface area contributed by atoms with Crippen LogP contribution >= 0.6 is 0 Å². The van der Waals surface area contributed by atoms with Gasteiger partial charge in [0.2, 0.25) is 5.95 Å². The van der Waals surface area contributed by atoms with Crippen molar-refractivity contribution in [3.63, 3.8) is 0 Å². The maximum Gasteiger partial charge on any atom is 0.420 e. The lowest BCUT2D eigenvalue weighted by Gasteiger charge is -2.44. The van der Waals surface area contributed by atoms with Gasteiger partial charge in [0.05, 0.1) is 13.2 Å². The first kappa shape index (κ1) is 36.0. The Balaban J connectivity index is 1.49. The van der Waals surface area contributed by atoms with Crippen molar-refractivity contribution >= 4 is 36.8 Å². The van der Waals surface area contributed by atoms with E-state index in [1.807, 2.05) is 0 Å². The summed E-state index contributed by atoms with van der Waals surface area (Å²) in [5, 5.41) is 6.01. The van der Waals surface area contributed by atoms with Crippen molar-refractivity contribution in [1.29, 1.82) is 0 Å². The summed E-state index contributed by atoms with van der Waals surface area (Å²) in [5.41, 5.74) is -0.984. The van der Waals surface area contributed by atoms with Crippen molar-refractivity contribution < 1.29 is 23.5 Å². The Kier molecular flexibility index (Phi) is 11.1. The van der Waals surface area contributed by atoms with Gasteiger partial charge in [0.15, 0.2) is 0 Å². The van der Waals surface area contributed by atoms with Crippen LogP contribution in [-0.2, 0) is 20.4 Å². The molecule has 0 spiro atoms. The van der Waals surface area contributed by atoms with Gasteiger partial charge in [-0.05, 0) is 57.0 Å². The molecule has 1 aliphatic heterocycles. The zero-order valence-electron chi connectivity index (χ0n) is 29.4. The van der Waals surface area contributed by atoms with E-state index in [-0.39, 0.29) is 17.6 Å². The molecule has 0 radical (unpaired) electrons. The molecular weight excluding hydrogens is 611 g/mol. The number of ether oxygens (including phenoxy) is 2. The number of carbonyl (C=O) groups excluding carboxylic acids is 2. The second-order valence-electron chi connectivity index (χ2n) is 15.0. The van der Waals surface area contributed by atoms with E-state index in [4.69, 9.17) is 13.9 Å². The van der Waals surface area contributed by atoms with Crippen molar-refractivity contribution in [3.8, 4) is 0 Å². The molecule has 0 saturated carbocycles. The minimum absolute atomic E-state index is 0.0588. The number of nitrogens with zero attached hydrogens (tertiary/aromatic N) is 4. The van der Waals surface area contributed by atoms with Crippen molar-refractivity contribution in [2.45, 2.75) is 91.1 Å². The summed E-state index contributed by atoms with van der Waals surface area (Å²) in [6, 6.07) is 21.3. The van der Waals surface area contributed by atoms with E-state index in [2.05, 4.69) is 102 Å². The molecular formula is C36H51N5O5Si. The van der Waals surface area contributed by atoms with Gasteiger partial charge in [0.25, 0.3) is 8.32 Å². The number of carbonyl (C=O) groups is 2. The smallest absolute Gasteiger partial charge is 0.420 e. The van der Waals surface area contributed by atoms with Crippen LogP contribution < -0.4 is 20.6 Å². The minimum atomic E-state index is -2.68. The predicted octanol–water partition coefficient (Wildman–Crippen LogP) is 5.50. The van der Waals surface area contributed by atoms with Crippen LogP contribution in [0.1, 0.15) is 67.9 Å². The summed E-state index contributed by atoms with van der Waals surface area (Å²) >= 11 is 0. The van der Waals surface area contributed by atoms with Crippen molar-refractivity contribution in [1.82, 2.24) is 20.2 Å². The van der Waals surface area contributed by atoms with Gasteiger partial charge in [-0.2, -0.15) is 0 Å². The third kappa shape index (κ3) is 9.39. The number of anilines is 1. The number of hydrogen-bond acceptors (Lipinski definition) is 9. The largest absolute Gasteiger partial charge is 0.443 e. The first-order valence-electron chi connectivity index (χ1n) is 16.3. The normalized spacial score (nSPS) is 16.0. The Bertz CT molecular complexity index is 1400. The molecule has 0 aliphatic carbocycles. The van der Waals surface area contributed by atoms with E-state index in [1.54, 1.807) is 53.9 Å². The third-order valence-electron chi connectivity index (χ3n) is 7.72. The molecule has 2 amide bonds. The zero-order valence-corrected chi connectivity index (χ0v) is 30.4. The molecule has 10 nitrogen and oxygen atoms in total. The van der Waals surface area contributed by atoms with Gasteiger partial charge < -0.3 is 24.1 Å². The summed E-state index contributed by atoms with van der Waals surface area (Å²) in [6.45, 7) is 19.9. The number of imide groups is 1. The molecule has 11 heteroatoms. The van der Waals surface area contributed by atoms with E-state index in [0.717, 1.165) is 18.0 Å². The number of piperazine rings is 1. The Morgan fingerprint density at radius 1 is 0.830 bits per heavy atom. The molecule has 1 aliphatic rings.